The zero-order valence-corrected chi connectivity index (χ0v) is 8.80. The average molecular weight is 241 g/mol. The van der Waals surface area contributed by atoms with Crippen LogP contribution in [-0.4, -0.2) is 12.4 Å². The third-order valence-electron chi connectivity index (χ3n) is 2.11. The monoisotopic (exact) mass is 240 g/mol. The largest absolute Gasteiger partial charge is 0.489 e. The molecule has 1 unspecified atom stereocenters. The standard InChI is InChI=1S/C10H9BrO2/c1-6-2-7-3-9(11)4-8(5-12)10(7)13-6/h3-6H,2H2,1H3. The molecule has 2 nitrogen and oxygen atoms in total. The number of rotatable bonds is 1. The quantitative estimate of drug-likeness (QED) is 0.706. The molecule has 0 saturated heterocycles. The van der Waals surface area contributed by atoms with E-state index in [1.165, 1.54) is 0 Å². The van der Waals surface area contributed by atoms with Crippen LogP contribution in [0.25, 0.3) is 0 Å². The van der Waals surface area contributed by atoms with Crippen LogP contribution >= 0.6 is 15.9 Å². The van der Waals surface area contributed by atoms with Gasteiger partial charge in [0.25, 0.3) is 0 Å². The SMILES string of the molecule is CC1Cc2cc(Br)cc(C=O)c2O1. The Labute approximate surface area is 85.0 Å². The maximum absolute atomic E-state index is 10.7. The van der Waals surface area contributed by atoms with Crippen molar-refractivity contribution in [2.45, 2.75) is 19.4 Å². The molecule has 1 atom stereocenters. The summed E-state index contributed by atoms with van der Waals surface area (Å²) in [4.78, 5) is 10.7. The molecule has 0 aromatic heterocycles. The van der Waals surface area contributed by atoms with E-state index in [2.05, 4.69) is 15.9 Å². The summed E-state index contributed by atoms with van der Waals surface area (Å²) in [6.45, 7) is 2.00. The minimum absolute atomic E-state index is 0.183. The van der Waals surface area contributed by atoms with E-state index < -0.39 is 0 Å². The highest BCUT2D eigenvalue weighted by Gasteiger charge is 2.22. The first-order valence-electron chi connectivity index (χ1n) is 4.15. The molecule has 0 radical (unpaired) electrons. The van der Waals surface area contributed by atoms with Crippen molar-refractivity contribution in [2.75, 3.05) is 0 Å². The maximum Gasteiger partial charge on any atom is 0.153 e. The van der Waals surface area contributed by atoms with Gasteiger partial charge in [0.05, 0.1) is 5.56 Å². The smallest absolute Gasteiger partial charge is 0.153 e. The second-order valence-corrected chi connectivity index (χ2v) is 4.15. The molecule has 0 amide bonds. The first kappa shape index (κ1) is 8.75. The Morgan fingerprint density at radius 1 is 1.62 bits per heavy atom. The van der Waals surface area contributed by atoms with E-state index in [0.29, 0.717) is 5.56 Å². The molecule has 0 spiro atoms. The molecule has 1 aromatic rings. The van der Waals surface area contributed by atoms with Crippen molar-refractivity contribution in [2.24, 2.45) is 0 Å². The predicted molar refractivity (Wildman–Crippen MR) is 53.3 cm³/mol. The molecule has 13 heavy (non-hydrogen) atoms. The Balaban J connectivity index is 2.56. The third-order valence-corrected chi connectivity index (χ3v) is 2.57. The van der Waals surface area contributed by atoms with Gasteiger partial charge in [-0.3, -0.25) is 4.79 Å². The molecule has 1 aliphatic heterocycles. The second-order valence-electron chi connectivity index (χ2n) is 3.23. The summed E-state index contributed by atoms with van der Waals surface area (Å²) in [6, 6.07) is 3.79. The normalized spacial score (nSPS) is 19.4. The van der Waals surface area contributed by atoms with Gasteiger partial charge in [0, 0.05) is 10.9 Å². The van der Waals surface area contributed by atoms with Crippen molar-refractivity contribution in [3.63, 3.8) is 0 Å². The number of benzene rings is 1. The zero-order chi connectivity index (χ0) is 9.42. The fraction of sp³-hybridized carbons (Fsp3) is 0.300. The Hall–Kier alpha value is -0.830. The Morgan fingerprint density at radius 2 is 2.38 bits per heavy atom. The fourth-order valence-corrected chi connectivity index (χ4v) is 2.13. The van der Waals surface area contributed by atoms with E-state index in [1.807, 2.05) is 13.0 Å². The van der Waals surface area contributed by atoms with Gasteiger partial charge >= 0.3 is 0 Å². The molecular formula is C10H9BrO2. The van der Waals surface area contributed by atoms with Crippen LogP contribution in [0.5, 0.6) is 5.75 Å². The zero-order valence-electron chi connectivity index (χ0n) is 7.21. The van der Waals surface area contributed by atoms with E-state index in [0.717, 1.165) is 28.5 Å². The predicted octanol–water partition coefficient (Wildman–Crippen LogP) is 2.59. The van der Waals surface area contributed by atoms with Crippen molar-refractivity contribution in [3.8, 4) is 5.75 Å². The molecule has 0 N–H and O–H groups in total. The Bertz CT molecular complexity index is 360. The fourth-order valence-electron chi connectivity index (χ4n) is 1.61. The van der Waals surface area contributed by atoms with Gasteiger partial charge in [-0.05, 0) is 24.6 Å². The molecule has 2 rings (SSSR count). The summed E-state index contributed by atoms with van der Waals surface area (Å²) in [5.74, 6) is 0.755. The highest BCUT2D eigenvalue weighted by molar-refractivity contribution is 9.10. The number of aldehydes is 1. The lowest BCUT2D eigenvalue weighted by Crippen LogP contribution is -2.05. The summed E-state index contributed by atoms with van der Waals surface area (Å²) >= 11 is 3.36. The number of ether oxygens (including phenoxy) is 1. The van der Waals surface area contributed by atoms with Crippen LogP contribution in [0.1, 0.15) is 22.8 Å². The van der Waals surface area contributed by atoms with Crippen LogP contribution in [0.2, 0.25) is 0 Å². The molecule has 0 saturated carbocycles. The third kappa shape index (κ3) is 1.48. The minimum Gasteiger partial charge on any atom is -0.489 e. The lowest BCUT2D eigenvalue weighted by Gasteiger charge is -2.04. The molecular weight excluding hydrogens is 232 g/mol. The van der Waals surface area contributed by atoms with Gasteiger partial charge < -0.3 is 4.74 Å². The van der Waals surface area contributed by atoms with Gasteiger partial charge in [-0.15, -0.1) is 0 Å². The van der Waals surface area contributed by atoms with Crippen LogP contribution in [-0.2, 0) is 6.42 Å². The lowest BCUT2D eigenvalue weighted by molar-refractivity contribution is 0.111. The molecule has 1 heterocycles. The number of halogens is 1. The average Bonchev–Trinajstić information content (AvgIpc) is 2.43. The van der Waals surface area contributed by atoms with E-state index in [-0.39, 0.29) is 6.10 Å². The summed E-state index contributed by atoms with van der Waals surface area (Å²) in [5.41, 5.74) is 1.75. The van der Waals surface area contributed by atoms with Crippen molar-refractivity contribution in [1.82, 2.24) is 0 Å². The summed E-state index contributed by atoms with van der Waals surface area (Å²) < 4.78 is 6.47. The van der Waals surface area contributed by atoms with Gasteiger partial charge in [-0.2, -0.15) is 0 Å². The van der Waals surface area contributed by atoms with Crippen LogP contribution in [0.4, 0.5) is 0 Å². The van der Waals surface area contributed by atoms with Crippen LogP contribution in [0.3, 0.4) is 0 Å². The summed E-state index contributed by atoms with van der Waals surface area (Å²) in [5, 5.41) is 0. The molecule has 1 aliphatic rings. The van der Waals surface area contributed by atoms with Crippen molar-refractivity contribution in [3.05, 3.63) is 27.7 Å². The summed E-state index contributed by atoms with van der Waals surface area (Å²) in [6.07, 6.45) is 1.90. The van der Waals surface area contributed by atoms with Gasteiger partial charge in [0.15, 0.2) is 6.29 Å². The van der Waals surface area contributed by atoms with Crippen LogP contribution in [0.15, 0.2) is 16.6 Å². The molecule has 1 aromatic carbocycles. The number of hydrogen-bond donors (Lipinski definition) is 0. The highest BCUT2D eigenvalue weighted by Crippen LogP contribution is 2.34. The Kier molecular flexibility index (Phi) is 2.12. The van der Waals surface area contributed by atoms with Crippen LogP contribution < -0.4 is 4.74 Å². The number of hydrogen-bond acceptors (Lipinski definition) is 2. The molecule has 68 valence electrons. The van der Waals surface area contributed by atoms with Crippen molar-refractivity contribution in [1.29, 1.82) is 0 Å². The highest BCUT2D eigenvalue weighted by atomic mass is 79.9. The van der Waals surface area contributed by atoms with Crippen LogP contribution in [0, 0.1) is 0 Å². The van der Waals surface area contributed by atoms with E-state index in [4.69, 9.17) is 4.74 Å². The van der Waals surface area contributed by atoms with Gasteiger partial charge in [-0.1, -0.05) is 15.9 Å². The van der Waals surface area contributed by atoms with Gasteiger partial charge in [-0.25, -0.2) is 0 Å². The van der Waals surface area contributed by atoms with E-state index in [1.54, 1.807) is 6.07 Å². The van der Waals surface area contributed by atoms with E-state index in [9.17, 15) is 4.79 Å². The van der Waals surface area contributed by atoms with E-state index >= 15 is 0 Å². The second kappa shape index (κ2) is 3.14. The van der Waals surface area contributed by atoms with Crippen molar-refractivity contribution < 1.29 is 9.53 Å². The number of carbonyl (C=O) groups excluding carboxylic acids is 1. The first-order chi connectivity index (χ1) is 6.20. The number of fused-ring (bicyclic) bond motifs is 1. The lowest BCUT2D eigenvalue weighted by atomic mass is 10.1. The van der Waals surface area contributed by atoms with Gasteiger partial charge in [0.2, 0.25) is 0 Å². The molecule has 3 heteroatoms. The minimum atomic E-state index is 0.183. The molecule has 0 fully saturated rings. The first-order valence-corrected chi connectivity index (χ1v) is 4.94. The van der Waals surface area contributed by atoms with Gasteiger partial charge in [0.1, 0.15) is 11.9 Å². The maximum atomic E-state index is 10.7. The summed E-state index contributed by atoms with van der Waals surface area (Å²) in [7, 11) is 0. The number of carbonyl (C=O) groups is 1. The topological polar surface area (TPSA) is 26.3 Å². The molecule has 0 aliphatic carbocycles. The van der Waals surface area contributed by atoms with Crippen molar-refractivity contribution >= 4 is 22.2 Å². The Morgan fingerprint density at radius 3 is 3.08 bits per heavy atom. The molecule has 0 bridgehead atoms.